The molecule has 130 valence electrons. The molecule has 3 nitrogen and oxygen atoms in total. The molecule has 0 atom stereocenters. The van der Waals surface area contributed by atoms with Crippen molar-refractivity contribution in [2.45, 2.75) is 19.6 Å². The highest BCUT2D eigenvalue weighted by Gasteiger charge is 2.06. The molecule has 0 unspecified atom stereocenters. The summed E-state index contributed by atoms with van der Waals surface area (Å²) in [6.45, 7) is 3.05. The van der Waals surface area contributed by atoms with Crippen LogP contribution in [0, 0.1) is 0 Å². The zero-order valence-electron chi connectivity index (χ0n) is 13.5. The topological polar surface area (TPSA) is 33.3 Å². The third kappa shape index (κ3) is 6.15. The summed E-state index contributed by atoms with van der Waals surface area (Å²) in [7, 11) is 1.95. The van der Waals surface area contributed by atoms with Crippen molar-refractivity contribution in [3.8, 4) is 5.75 Å². The molecular formula is C18H21Cl3N2O. The van der Waals surface area contributed by atoms with Crippen molar-refractivity contribution in [1.29, 1.82) is 0 Å². The summed E-state index contributed by atoms with van der Waals surface area (Å²) in [6.07, 6.45) is 1.07. The van der Waals surface area contributed by atoms with E-state index in [2.05, 4.69) is 10.6 Å². The Morgan fingerprint density at radius 1 is 0.958 bits per heavy atom. The largest absolute Gasteiger partial charge is 0.489 e. The smallest absolute Gasteiger partial charge is 0.124 e. The molecule has 0 amide bonds. The zero-order valence-corrected chi connectivity index (χ0v) is 15.8. The maximum absolute atomic E-state index is 6.11. The first-order valence-electron chi connectivity index (χ1n) is 7.80. The average Bonchev–Trinajstić information content (AvgIpc) is 2.57. The Morgan fingerprint density at radius 2 is 1.79 bits per heavy atom. The molecule has 6 heteroatoms. The van der Waals surface area contributed by atoms with E-state index in [9.17, 15) is 0 Å². The highest BCUT2D eigenvalue weighted by atomic mass is 35.5. The van der Waals surface area contributed by atoms with Crippen molar-refractivity contribution in [1.82, 2.24) is 10.6 Å². The van der Waals surface area contributed by atoms with E-state index in [1.807, 2.05) is 37.4 Å². The van der Waals surface area contributed by atoms with Gasteiger partial charge in [0.1, 0.15) is 12.4 Å². The van der Waals surface area contributed by atoms with Gasteiger partial charge in [-0.15, -0.1) is 0 Å². The molecule has 0 aliphatic rings. The monoisotopic (exact) mass is 386 g/mol. The number of hydrogen-bond donors (Lipinski definition) is 2. The molecule has 0 spiro atoms. The van der Waals surface area contributed by atoms with Crippen molar-refractivity contribution in [2.24, 2.45) is 0 Å². The molecule has 0 aliphatic carbocycles. The van der Waals surface area contributed by atoms with Crippen LogP contribution in [0.15, 0.2) is 36.4 Å². The lowest BCUT2D eigenvalue weighted by molar-refractivity contribution is 0.302. The predicted octanol–water partition coefficient (Wildman–Crippen LogP) is 4.92. The third-order valence-corrected chi connectivity index (χ3v) is 4.47. The summed E-state index contributed by atoms with van der Waals surface area (Å²) in [5.41, 5.74) is 2.00. The molecule has 24 heavy (non-hydrogen) atoms. The summed E-state index contributed by atoms with van der Waals surface area (Å²) < 4.78 is 5.94. The van der Waals surface area contributed by atoms with E-state index in [0.717, 1.165) is 36.4 Å². The van der Waals surface area contributed by atoms with E-state index in [1.54, 1.807) is 6.07 Å². The molecule has 0 radical (unpaired) electrons. The zero-order chi connectivity index (χ0) is 17.4. The van der Waals surface area contributed by atoms with Crippen LogP contribution in [0.2, 0.25) is 15.1 Å². The van der Waals surface area contributed by atoms with Gasteiger partial charge < -0.3 is 15.4 Å². The molecule has 2 aromatic rings. The third-order valence-electron chi connectivity index (χ3n) is 3.50. The van der Waals surface area contributed by atoms with E-state index >= 15 is 0 Å². The van der Waals surface area contributed by atoms with E-state index in [-0.39, 0.29) is 0 Å². The minimum Gasteiger partial charge on any atom is -0.489 e. The standard InChI is InChI=1S/C18H21Cl3N2O/c1-22-7-2-8-23-11-14-10-15(19)4-6-18(14)24-12-13-3-5-16(20)17(21)9-13/h3-6,9-10,22-23H,2,7-8,11-12H2,1H3. The predicted molar refractivity (Wildman–Crippen MR) is 102 cm³/mol. The molecule has 0 bridgehead atoms. The van der Waals surface area contributed by atoms with Crippen LogP contribution in [0.25, 0.3) is 0 Å². The summed E-state index contributed by atoms with van der Waals surface area (Å²) in [4.78, 5) is 0. The van der Waals surface area contributed by atoms with Gasteiger partial charge in [-0.05, 0) is 62.5 Å². The molecule has 0 aliphatic heterocycles. The second kappa shape index (κ2) is 10.1. The fourth-order valence-corrected chi connectivity index (χ4v) is 2.75. The lowest BCUT2D eigenvalue weighted by atomic mass is 10.2. The first-order valence-corrected chi connectivity index (χ1v) is 8.94. The molecule has 0 heterocycles. The van der Waals surface area contributed by atoms with Crippen molar-refractivity contribution in [3.05, 3.63) is 62.6 Å². The minimum atomic E-state index is 0.422. The van der Waals surface area contributed by atoms with Gasteiger partial charge in [0.15, 0.2) is 0 Å². The molecule has 0 saturated carbocycles. The molecule has 0 saturated heterocycles. The van der Waals surface area contributed by atoms with Gasteiger partial charge >= 0.3 is 0 Å². The van der Waals surface area contributed by atoms with Crippen LogP contribution in [0.4, 0.5) is 0 Å². The fraction of sp³-hybridized carbons (Fsp3) is 0.333. The van der Waals surface area contributed by atoms with Crippen LogP contribution in [-0.2, 0) is 13.2 Å². The van der Waals surface area contributed by atoms with Crippen LogP contribution in [0.5, 0.6) is 5.75 Å². The molecule has 2 aromatic carbocycles. The molecular weight excluding hydrogens is 367 g/mol. The van der Waals surface area contributed by atoms with Crippen LogP contribution in [-0.4, -0.2) is 20.1 Å². The van der Waals surface area contributed by atoms with Gasteiger partial charge in [0.2, 0.25) is 0 Å². The van der Waals surface area contributed by atoms with Crippen molar-refractivity contribution in [3.63, 3.8) is 0 Å². The van der Waals surface area contributed by atoms with Gasteiger partial charge in [0.05, 0.1) is 10.0 Å². The number of ether oxygens (including phenoxy) is 1. The highest BCUT2D eigenvalue weighted by Crippen LogP contribution is 2.26. The highest BCUT2D eigenvalue weighted by molar-refractivity contribution is 6.42. The summed E-state index contributed by atoms with van der Waals surface area (Å²) in [6, 6.07) is 11.1. The van der Waals surface area contributed by atoms with Crippen LogP contribution >= 0.6 is 34.8 Å². The quantitative estimate of drug-likeness (QED) is 0.599. The van der Waals surface area contributed by atoms with Gasteiger partial charge in [-0.1, -0.05) is 40.9 Å². The Labute approximate surface area is 158 Å². The van der Waals surface area contributed by atoms with Crippen molar-refractivity contribution in [2.75, 3.05) is 20.1 Å². The maximum atomic E-state index is 6.11. The SMILES string of the molecule is CNCCCNCc1cc(Cl)ccc1OCc1ccc(Cl)c(Cl)c1. The number of nitrogens with one attached hydrogen (secondary N) is 2. The number of hydrogen-bond acceptors (Lipinski definition) is 3. The molecule has 2 N–H and O–H groups in total. The van der Waals surface area contributed by atoms with E-state index < -0.39 is 0 Å². The van der Waals surface area contributed by atoms with Crippen LogP contribution < -0.4 is 15.4 Å². The van der Waals surface area contributed by atoms with Gasteiger partial charge in [-0.25, -0.2) is 0 Å². The lowest BCUT2D eigenvalue weighted by Gasteiger charge is -2.13. The van der Waals surface area contributed by atoms with E-state index in [4.69, 9.17) is 39.5 Å². The summed E-state index contributed by atoms with van der Waals surface area (Å²) >= 11 is 18.1. The van der Waals surface area contributed by atoms with E-state index in [0.29, 0.717) is 28.2 Å². The fourth-order valence-electron chi connectivity index (χ4n) is 2.23. The van der Waals surface area contributed by atoms with Gasteiger partial charge in [0, 0.05) is 17.1 Å². The Balaban J connectivity index is 1.97. The van der Waals surface area contributed by atoms with Crippen molar-refractivity contribution >= 4 is 34.8 Å². The normalized spacial score (nSPS) is 10.8. The second-order valence-corrected chi connectivity index (χ2v) is 6.67. The molecule has 2 rings (SSSR count). The Hall–Kier alpha value is -0.970. The Bertz CT molecular complexity index is 665. The second-order valence-electron chi connectivity index (χ2n) is 5.42. The van der Waals surface area contributed by atoms with E-state index in [1.165, 1.54) is 0 Å². The molecule has 0 aromatic heterocycles. The Kier molecular flexibility index (Phi) is 8.16. The molecule has 0 fully saturated rings. The average molecular weight is 388 g/mol. The van der Waals surface area contributed by atoms with Crippen molar-refractivity contribution < 1.29 is 4.74 Å². The first-order chi connectivity index (χ1) is 11.6. The first kappa shape index (κ1) is 19.4. The number of halogens is 3. The van der Waals surface area contributed by atoms with Gasteiger partial charge in [-0.3, -0.25) is 0 Å². The van der Waals surface area contributed by atoms with Crippen LogP contribution in [0.3, 0.4) is 0 Å². The summed E-state index contributed by atoms with van der Waals surface area (Å²) in [5.74, 6) is 0.812. The lowest BCUT2D eigenvalue weighted by Crippen LogP contribution is -2.19. The van der Waals surface area contributed by atoms with Gasteiger partial charge in [-0.2, -0.15) is 0 Å². The summed E-state index contributed by atoms with van der Waals surface area (Å²) in [5, 5.41) is 8.30. The minimum absolute atomic E-state index is 0.422. The van der Waals surface area contributed by atoms with Crippen LogP contribution in [0.1, 0.15) is 17.5 Å². The Morgan fingerprint density at radius 3 is 2.54 bits per heavy atom. The maximum Gasteiger partial charge on any atom is 0.124 e. The number of rotatable bonds is 9. The number of benzene rings is 2. The van der Waals surface area contributed by atoms with Gasteiger partial charge in [0.25, 0.3) is 0 Å².